The fourth-order valence-electron chi connectivity index (χ4n) is 1.60. The largest absolute Gasteiger partial charge is 0.286 e. The SMILES string of the molecule is Cc1ccc(/C=C(\F)C(=O)c2ccccc2)cc1. The van der Waals surface area contributed by atoms with Gasteiger partial charge in [0.1, 0.15) is 0 Å². The predicted octanol–water partition coefficient (Wildman–Crippen LogP) is 4.19. The average Bonchev–Trinajstić information content (AvgIpc) is 2.41. The van der Waals surface area contributed by atoms with Gasteiger partial charge in [-0.25, -0.2) is 4.39 Å². The van der Waals surface area contributed by atoms with Gasteiger partial charge in [-0.3, -0.25) is 4.79 Å². The molecule has 0 amide bonds. The zero-order chi connectivity index (χ0) is 13.0. The topological polar surface area (TPSA) is 17.1 Å². The average molecular weight is 240 g/mol. The van der Waals surface area contributed by atoms with Crippen LogP contribution in [0, 0.1) is 6.92 Å². The molecular formula is C16H13FO. The summed E-state index contributed by atoms with van der Waals surface area (Å²) in [4.78, 5) is 11.8. The standard InChI is InChI=1S/C16H13FO/c1-12-7-9-13(10-8-12)11-15(17)16(18)14-5-3-2-4-6-14/h2-11H,1H3/b15-11-. The molecule has 18 heavy (non-hydrogen) atoms. The van der Waals surface area contributed by atoms with Crippen LogP contribution in [0.2, 0.25) is 0 Å². The third-order valence-electron chi connectivity index (χ3n) is 2.62. The van der Waals surface area contributed by atoms with E-state index in [1.165, 1.54) is 6.08 Å². The minimum Gasteiger partial charge on any atom is -0.286 e. The lowest BCUT2D eigenvalue weighted by atomic mass is 10.1. The first-order chi connectivity index (χ1) is 8.66. The van der Waals surface area contributed by atoms with E-state index in [9.17, 15) is 9.18 Å². The number of carbonyl (C=O) groups is 1. The van der Waals surface area contributed by atoms with Crippen molar-refractivity contribution < 1.29 is 9.18 Å². The lowest BCUT2D eigenvalue weighted by Crippen LogP contribution is -1.98. The Morgan fingerprint density at radius 3 is 2.22 bits per heavy atom. The molecular weight excluding hydrogens is 227 g/mol. The van der Waals surface area contributed by atoms with Crippen LogP contribution in [0.1, 0.15) is 21.5 Å². The quantitative estimate of drug-likeness (QED) is 0.580. The molecule has 0 heterocycles. The molecule has 90 valence electrons. The summed E-state index contributed by atoms with van der Waals surface area (Å²) in [5.74, 6) is -1.33. The minimum absolute atomic E-state index is 0.360. The zero-order valence-corrected chi connectivity index (χ0v) is 10.1. The van der Waals surface area contributed by atoms with E-state index in [1.54, 1.807) is 42.5 Å². The van der Waals surface area contributed by atoms with Gasteiger partial charge in [0.05, 0.1) is 0 Å². The van der Waals surface area contributed by atoms with Crippen molar-refractivity contribution >= 4 is 11.9 Å². The zero-order valence-electron chi connectivity index (χ0n) is 10.1. The Morgan fingerprint density at radius 2 is 1.61 bits per heavy atom. The van der Waals surface area contributed by atoms with Crippen LogP contribution in [0.3, 0.4) is 0 Å². The number of allylic oxidation sites excluding steroid dienone is 1. The number of halogens is 1. The maximum atomic E-state index is 13.8. The molecule has 1 nitrogen and oxygen atoms in total. The molecule has 0 saturated carbocycles. The number of benzene rings is 2. The molecule has 2 aromatic carbocycles. The lowest BCUT2D eigenvalue weighted by molar-refractivity contribution is 0.101. The van der Waals surface area contributed by atoms with Gasteiger partial charge in [-0.2, -0.15) is 0 Å². The Kier molecular flexibility index (Phi) is 3.68. The molecule has 0 aliphatic rings. The van der Waals surface area contributed by atoms with Gasteiger partial charge < -0.3 is 0 Å². The number of Topliss-reactive ketones (excluding diaryl/α,β-unsaturated/α-hetero) is 1. The van der Waals surface area contributed by atoms with E-state index < -0.39 is 11.6 Å². The van der Waals surface area contributed by atoms with Crippen molar-refractivity contribution in [1.82, 2.24) is 0 Å². The fourth-order valence-corrected chi connectivity index (χ4v) is 1.60. The van der Waals surface area contributed by atoms with Crippen molar-refractivity contribution in [3.8, 4) is 0 Å². The van der Waals surface area contributed by atoms with E-state index in [4.69, 9.17) is 0 Å². The lowest BCUT2D eigenvalue weighted by Gasteiger charge is -1.99. The molecule has 2 heteroatoms. The van der Waals surface area contributed by atoms with Crippen LogP contribution >= 0.6 is 0 Å². The first-order valence-electron chi connectivity index (χ1n) is 5.70. The second-order valence-electron chi connectivity index (χ2n) is 4.10. The Balaban J connectivity index is 2.23. The number of hydrogen-bond acceptors (Lipinski definition) is 1. The van der Waals surface area contributed by atoms with Crippen molar-refractivity contribution in [2.24, 2.45) is 0 Å². The van der Waals surface area contributed by atoms with E-state index in [2.05, 4.69) is 0 Å². The molecule has 0 saturated heterocycles. The summed E-state index contributed by atoms with van der Waals surface area (Å²) in [5, 5.41) is 0. The number of carbonyl (C=O) groups excluding carboxylic acids is 1. The van der Waals surface area contributed by atoms with E-state index in [1.807, 2.05) is 19.1 Å². The van der Waals surface area contributed by atoms with Gasteiger partial charge in [0.25, 0.3) is 0 Å². The molecule has 2 rings (SSSR count). The van der Waals surface area contributed by atoms with Crippen molar-refractivity contribution in [1.29, 1.82) is 0 Å². The number of ketones is 1. The first-order valence-corrected chi connectivity index (χ1v) is 5.70. The third-order valence-corrected chi connectivity index (χ3v) is 2.62. The molecule has 2 aromatic rings. The van der Waals surface area contributed by atoms with Gasteiger partial charge in [0.15, 0.2) is 5.83 Å². The highest BCUT2D eigenvalue weighted by atomic mass is 19.1. The van der Waals surface area contributed by atoms with E-state index >= 15 is 0 Å². The van der Waals surface area contributed by atoms with E-state index in [0.29, 0.717) is 11.1 Å². The van der Waals surface area contributed by atoms with Crippen LogP contribution in [0.15, 0.2) is 60.4 Å². The molecule has 0 atom stereocenters. The van der Waals surface area contributed by atoms with Crippen molar-refractivity contribution in [3.63, 3.8) is 0 Å². The van der Waals surface area contributed by atoms with Gasteiger partial charge in [-0.05, 0) is 18.6 Å². The Hall–Kier alpha value is -2.22. The summed E-state index contributed by atoms with van der Waals surface area (Å²) in [7, 11) is 0. The highest BCUT2D eigenvalue weighted by Gasteiger charge is 2.10. The Morgan fingerprint density at radius 1 is 1.00 bits per heavy atom. The van der Waals surface area contributed by atoms with Gasteiger partial charge in [-0.15, -0.1) is 0 Å². The molecule has 0 aliphatic heterocycles. The highest BCUT2D eigenvalue weighted by Crippen LogP contribution is 2.14. The summed E-state index contributed by atoms with van der Waals surface area (Å²) in [6.45, 7) is 1.96. The van der Waals surface area contributed by atoms with Crippen molar-refractivity contribution in [3.05, 3.63) is 77.1 Å². The van der Waals surface area contributed by atoms with Crippen LogP contribution in [0.4, 0.5) is 4.39 Å². The molecule has 0 N–H and O–H groups in total. The molecule has 0 unspecified atom stereocenters. The number of aryl methyl sites for hydroxylation is 1. The van der Waals surface area contributed by atoms with Crippen LogP contribution in [0.25, 0.3) is 6.08 Å². The molecule has 0 aliphatic carbocycles. The summed E-state index contributed by atoms with van der Waals surface area (Å²) in [6.07, 6.45) is 1.26. The monoisotopic (exact) mass is 240 g/mol. The maximum absolute atomic E-state index is 13.8. The molecule has 0 spiro atoms. The second kappa shape index (κ2) is 5.41. The Bertz CT molecular complexity index is 568. The molecule has 0 radical (unpaired) electrons. The Labute approximate surface area is 106 Å². The second-order valence-corrected chi connectivity index (χ2v) is 4.10. The highest BCUT2D eigenvalue weighted by molar-refractivity contribution is 6.09. The number of rotatable bonds is 3. The van der Waals surface area contributed by atoms with Crippen molar-refractivity contribution in [2.45, 2.75) is 6.92 Å². The van der Waals surface area contributed by atoms with E-state index in [-0.39, 0.29) is 0 Å². The fraction of sp³-hybridized carbons (Fsp3) is 0.0625. The van der Waals surface area contributed by atoms with Crippen LogP contribution in [0.5, 0.6) is 0 Å². The van der Waals surface area contributed by atoms with Gasteiger partial charge in [-0.1, -0.05) is 60.2 Å². The predicted molar refractivity (Wildman–Crippen MR) is 71.0 cm³/mol. The third kappa shape index (κ3) is 2.92. The maximum Gasteiger partial charge on any atom is 0.221 e. The number of hydrogen-bond donors (Lipinski definition) is 0. The summed E-state index contributed by atoms with van der Waals surface area (Å²) >= 11 is 0. The summed E-state index contributed by atoms with van der Waals surface area (Å²) < 4.78 is 13.8. The molecule has 0 fully saturated rings. The molecule has 0 bridgehead atoms. The summed E-state index contributed by atoms with van der Waals surface area (Å²) in [6, 6.07) is 15.8. The van der Waals surface area contributed by atoms with Crippen LogP contribution < -0.4 is 0 Å². The van der Waals surface area contributed by atoms with E-state index in [0.717, 1.165) is 5.56 Å². The van der Waals surface area contributed by atoms with Gasteiger partial charge in [0, 0.05) is 5.56 Å². The van der Waals surface area contributed by atoms with Gasteiger partial charge in [0.2, 0.25) is 5.78 Å². The van der Waals surface area contributed by atoms with Crippen molar-refractivity contribution in [2.75, 3.05) is 0 Å². The smallest absolute Gasteiger partial charge is 0.221 e. The van der Waals surface area contributed by atoms with Gasteiger partial charge >= 0.3 is 0 Å². The normalized spacial score (nSPS) is 11.3. The summed E-state index contributed by atoms with van der Waals surface area (Å²) in [5.41, 5.74) is 2.14. The van der Waals surface area contributed by atoms with Crippen LogP contribution in [-0.4, -0.2) is 5.78 Å². The van der Waals surface area contributed by atoms with Crippen LogP contribution in [-0.2, 0) is 0 Å². The first kappa shape index (κ1) is 12.2. The molecule has 0 aromatic heterocycles. The minimum atomic E-state index is -0.745.